The summed E-state index contributed by atoms with van der Waals surface area (Å²) >= 11 is 0. The van der Waals surface area contributed by atoms with Gasteiger partial charge in [0.15, 0.2) is 0 Å². The van der Waals surface area contributed by atoms with Crippen molar-refractivity contribution in [2.45, 2.75) is 26.8 Å². The molecule has 1 amide bonds. The average molecular weight is 270 g/mol. The Balaban J connectivity index is 2.09. The van der Waals surface area contributed by atoms with E-state index in [0.717, 1.165) is 22.5 Å². The van der Waals surface area contributed by atoms with Crippen LogP contribution >= 0.6 is 0 Å². The van der Waals surface area contributed by atoms with E-state index in [1.807, 2.05) is 44.2 Å². The SMILES string of the molecule is Cc1cc(C)nc(NC(=O)Cc2ccccc2CN)n1. The van der Waals surface area contributed by atoms with E-state index in [1.165, 1.54) is 0 Å². The van der Waals surface area contributed by atoms with Crippen LogP contribution in [0.2, 0.25) is 0 Å². The van der Waals surface area contributed by atoms with Crippen LogP contribution in [0.4, 0.5) is 5.95 Å². The summed E-state index contributed by atoms with van der Waals surface area (Å²) in [5.74, 6) is 0.202. The summed E-state index contributed by atoms with van der Waals surface area (Å²) in [5, 5.41) is 2.72. The number of carbonyl (C=O) groups is 1. The molecule has 0 aliphatic carbocycles. The molecule has 5 heteroatoms. The molecule has 2 rings (SSSR count). The summed E-state index contributed by atoms with van der Waals surface area (Å²) in [6.07, 6.45) is 0.268. The second-order valence-corrected chi connectivity index (χ2v) is 4.67. The van der Waals surface area contributed by atoms with Crippen molar-refractivity contribution in [1.82, 2.24) is 9.97 Å². The van der Waals surface area contributed by atoms with E-state index in [4.69, 9.17) is 5.73 Å². The van der Waals surface area contributed by atoms with Crippen molar-refractivity contribution in [3.63, 3.8) is 0 Å². The third-order valence-electron chi connectivity index (χ3n) is 2.92. The van der Waals surface area contributed by atoms with Crippen LogP contribution in [0.25, 0.3) is 0 Å². The summed E-state index contributed by atoms with van der Waals surface area (Å²) in [4.78, 5) is 20.4. The van der Waals surface area contributed by atoms with Crippen LogP contribution in [0.3, 0.4) is 0 Å². The molecule has 0 bridgehead atoms. The number of nitrogens with zero attached hydrogens (tertiary/aromatic N) is 2. The first-order valence-corrected chi connectivity index (χ1v) is 6.47. The second kappa shape index (κ2) is 6.25. The summed E-state index contributed by atoms with van der Waals surface area (Å²) in [7, 11) is 0. The highest BCUT2D eigenvalue weighted by atomic mass is 16.1. The number of carbonyl (C=O) groups excluding carboxylic acids is 1. The number of aromatic nitrogens is 2. The van der Waals surface area contributed by atoms with Crippen molar-refractivity contribution in [1.29, 1.82) is 0 Å². The zero-order valence-electron chi connectivity index (χ0n) is 11.7. The number of hydrogen-bond acceptors (Lipinski definition) is 4. The first-order valence-electron chi connectivity index (χ1n) is 6.47. The lowest BCUT2D eigenvalue weighted by Gasteiger charge is -2.08. The van der Waals surface area contributed by atoms with Gasteiger partial charge in [-0.15, -0.1) is 0 Å². The van der Waals surface area contributed by atoms with E-state index in [0.29, 0.717) is 12.5 Å². The van der Waals surface area contributed by atoms with Crippen LogP contribution in [0.5, 0.6) is 0 Å². The summed E-state index contributed by atoms with van der Waals surface area (Å²) in [6, 6.07) is 9.51. The highest BCUT2D eigenvalue weighted by Crippen LogP contribution is 2.10. The Kier molecular flexibility index (Phi) is 4.42. The molecule has 0 fully saturated rings. The number of nitrogens with two attached hydrogens (primary N) is 1. The van der Waals surface area contributed by atoms with Crippen molar-refractivity contribution in [2.75, 3.05) is 5.32 Å². The molecule has 0 saturated carbocycles. The molecule has 0 spiro atoms. The molecule has 0 atom stereocenters. The van der Waals surface area contributed by atoms with Gasteiger partial charge in [-0.05, 0) is 31.0 Å². The van der Waals surface area contributed by atoms with Gasteiger partial charge in [0.05, 0.1) is 6.42 Å². The molecule has 5 nitrogen and oxygen atoms in total. The van der Waals surface area contributed by atoms with E-state index in [-0.39, 0.29) is 12.3 Å². The fourth-order valence-corrected chi connectivity index (χ4v) is 2.05. The van der Waals surface area contributed by atoms with Crippen molar-refractivity contribution < 1.29 is 4.79 Å². The maximum Gasteiger partial charge on any atom is 0.231 e. The number of anilines is 1. The smallest absolute Gasteiger partial charge is 0.231 e. The summed E-state index contributed by atoms with van der Waals surface area (Å²) in [6.45, 7) is 4.16. The maximum absolute atomic E-state index is 12.0. The van der Waals surface area contributed by atoms with E-state index >= 15 is 0 Å². The van der Waals surface area contributed by atoms with Crippen LogP contribution in [0.15, 0.2) is 30.3 Å². The molecule has 3 N–H and O–H groups in total. The fraction of sp³-hybridized carbons (Fsp3) is 0.267. The van der Waals surface area contributed by atoms with Gasteiger partial charge in [-0.25, -0.2) is 9.97 Å². The van der Waals surface area contributed by atoms with Crippen LogP contribution in [-0.4, -0.2) is 15.9 Å². The molecule has 104 valence electrons. The van der Waals surface area contributed by atoms with Gasteiger partial charge < -0.3 is 5.73 Å². The molecule has 0 radical (unpaired) electrons. The van der Waals surface area contributed by atoms with Gasteiger partial charge in [-0.3, -0.25) is 10.1 Å². The maximum atomic E-state index is 12.0. The zero-order chi connectivity index (χ0) is 14.5. The summed E-state index contributed by atoms with van der Waals surface area (Å²) < 4.78 is 0. The molecule has 1 heterocycles. The monoisotopic (exact) mass is 270 g/mol. The third kappa shape index (κ3) is 3.61. The predicted octanol–water partition coefficient (Wildman–Crippen LogP) is 1.73. The minimum absolute atomic E-state index is 0.143. The lowest BCUT2D eigenvalue weighted by atomic mass is 10.0. The Morgan fingerprint density at radius 2 is 1.75 bits per heavy atom. The average Bonchev–Trinajstić information content (AvgIpc) is 2.37. The zero-order valence-corrected chi connectivity index (χ0v) is 11.7. The number of amides is 1. The first-order chi connectivity index (χ1) is 9.58. The van der Waals surface area contributed by atoms with Crippen LogP contribution in [-0.2, 0) is 17.8 Å². The van der Waals surface area contributed by atoms with E-state index in [2.05, 4.69) is 15.3 Å². The van der Waals surface area contributed by atoms with Gasteiger partial charge >= 0.3 is 0 Å². The molecular weight excluding hydrogens is 252 g/mol. The topological polar surface area (TPSA) is 80.9 Å². The lowest BCUT2D eigenvalue weighted by Crippen LogP contribution is -2.18. The molecule has 0 saturated heterocycles. The Hall–Kier alpha value is -2.27. The largest absolute Gasteiger partial charge is 0.326 e. The third-order valence-corrected chi connectivity index (χ3v) is 2.92. The van der Waals surface area contributed by atoms with Crippen molar-refractivity contribution >= 4 is 11.9 Å². The van der Waals surface area contributed by atoms with Gasteiger partial charge in [0, 0.05) is 17.9 Å². The summed E-state index contributed by atoms with van der Waals surface area (Å²) in [5.41, 5.74) is 9.22. The minimum atomic E-state index is -0.143. The van der Waals surface area contributed by atoms with E-state index in [9.17, 15) is 4.79 Å². The van der Waals surface area contributed by atoms with E-state index in [1.54, 1.807) is 0 Å². The normalized spacial score (nSPS) is 10.3. The molecule has 1 aromatic carbocycles. The standard InChI is InChI=1S/C15H18N4O/c1-10-7-11(2)18-15(17-10)19-14(20)8-12-5-3-4-6-13(12)9-16/h3-7H,8-9,16H2,1-2H3,(H,17,18,19,20). The van der Waals surface area contributed by atoms with Crippen molar-refractivity contribution in [3.8, 4) is 0 Å². The van der Waals surface area contributed by atoms with Gasteiger partial charge in [-0.2, -0.15) is 0 Å². The van der Waals surface area contributed by atoms with Crippen LogP contribution < -0.4 is 11.1 Å². The van der Waals surface area contributed by atoms with Crippen LogP contribution in [0.1, 0.15) is 22.5 Å². The molecule has 2 aromatic rings. The molecule has 1 aromatic heterocycles. The van der Waals surface area contributed by atoms with Gasteiger partial charge in [-0.1, -0.05) is 24.3 Å². The van der Waals surface area contributed by atoms with Crippen LogP contribution in [0, 0.1) is 13.8 Å². The van der Waals surface area contributed by atoms with Crippen molar-refractivity contribution in [2.24, 2.45) is 5.73 Å². The van der Waals surface area contributed by atoms with Gasteiger partial charge in [0.25, 0.3) is 0 Å². The Morgan fingerprint density at radius 3 is 2.35 bits per heavy atom. The van der Waals surface area contributed by atoms with E-state index < -0.39 is 0 Å². The highest BCUT2D eigenvalue weighted by Gasteiger charge is 2.09. The fourth-order valence-electron chi connectivity index (χ4n) is 2.05. The molecular formula is C15H18N4O. The molecule has 0 unspecified atom stereocenters. The number of hydrogen-bond donors (Lipinski definition) is 2. The molecule has 0 aliphatic rings. The van der Waals surface area contributed by atoms with Gasteiger partial charge in [0.1, 0.15) is 0 Å². The second-order valence-electron chi connectivity index (χ2n) is 4.67. The Morgan fingerprint density at radius 1 is 1.15 bits per heavy atom. The number of nitrogens with one attached hydrogen (secondary N) is 1. The minimum Gasteiger partial charge on any atom is -0.326 e. The Labute approximate surface area is 118 Å². The number of aryl methyl sites for hydroxylation is 2. The number of benzene rings is 1. The highest BCUT2D eigenvalue weighted by molar-refractivity contribution is 5.90. The lowest BCUT2D eigenvalue weighted by molar-refractivity contribution is -0.115. The first kappa shape index (κ1) is 14.1. The predicted molar refractivity (Wildman–Crippen MR) is 78.2 cm³/mol. The van der Waals surface area contributed by atoms with Crippen molar-refractivity contribution in [3.05, 3.63) is 52.8 Å². The Bertz CT molecular complexity index is 605. The molecule has 20 heavy (non-hydrogen) atoms. The quantitative estimate of drug-likeness (QED) is 0.886. The van der Waals surface area contributed by atoms with Gasteiger partial charge in [0.2, 0.25) is 11.9 Å². The number of rotatable bonds is 4. The molecule has 0 aliphatic heterocycles.